The minimum absolute atomic E-state index is 0.0470. The van der Waals surface area contributed by atoms with Crippen molar-refractivity contribution in [3.05, 3.63) is 22.3 Å². The van der Waals surface area contributed by atoms with Gasteiger partial charge in [0.05, 0.1) is 6.26 Å². The number of nitrogens with zero attached hydrogens (tertiary/aromatic N) is 2. The van der Waals surface area contributed by atoms with Crippen molar-refractivity contribution < 1.29 is 26.7 Å². The van der Waals surface area contributed by atoms with E-state index in [1.165, 1.54) is 0 Å². The van der Waals surface area contributed by atoms with Gasteiger partial charge in [0.1, 0.15) is 21.2 Å². The van der Waals surface area contributed by atoms with Crippen molar-refractivity contribution >= 4 is 48.1 Å². The van der Waals surface area contributed by atoms with Gasteiger partial charge in [-0.05, 0) is 54.7 Å². The Morgan fingerprint density at radius 2 is 2.03 bits per heavy atom. The van der Waals surface area contributed by atoms with Crippen LogP contribution in [-0.4, -0.2) is 57.4 Å². The number of carbonyl (C=O) groups excluding carboxylic acids is 1. The van der Waals surface area contributed by atoms with Gasteiger partial charge in [-0.1, -0.05) is 6.92 Å². The molecule has 10 nitrogen and oxygen atoms in total. The van der Waals surface area contributed by atoms with Crippen molar-refractivity contribution in [3.63, 3.8) is 0 Å². The fourth-order valence-corrected chi connectivity index (χ4v) is 9.34. The van der Waals surface area contributed by atoms with E-state index in [1.54, 1.807) is 5.38 Å². The van der Waals surface area contributed by atoms with Crippen LogP contribution < -0.4 is 10.0 Å². The maximum absolute atomic E-state index is 13.8. The van der Waals surface area contributed by atoms with Crippen molar-refractivity contribution in [3.8, 4) is 0 Å². The summed E-state index contributed by atoms with van der Waals surface area (Å²) in [7, 11) is -7.75. The number of carbonyl (C=O) groups is 1. The van der Waals surface area contributed by atoms with E-state index >= 15 is 0 Å². The van der Waals surface area contributed by atoms with Crippen molar-refractivity contribution in [1.82, 2.24) is 9.62 Å². The molecule has 0 unspecified atom stereocenters. The van der Waals surface area contributed by atoms with Crippen LogP contribution in [0.15, 0.2) is 26.0 Å². The van der Waals surface area contributed by atoms with Crippen LogP contribution >= 0.6 is 11.3 Å². The van der Waals surface area contributed by atoms with Gasteiger partial charge >= 0.3 is 0 Å². The molecule has 3 N–H and O–H groups in total. The van der Waals surface area contributed by atoms with Crippen LogP contribution in [0.5, 0.6) is 0 Å². The molecule has 3 heterocycles. The first kappa shape index (κ1) is 23.4. The predicted octanol–water partition coefficient (Wildman–Crippen LogP) is 2.18. The summed E-state index contributed by atoms with van der Waals surface area (Å²) in [5.74, 6) is -0.144. The SMILES string of the molecule is CC1(CN2C(=O)C(C3=NS(=O)(=O)c4c(CNS(C)(=O)=O)csc4N3)=C(O)[C@@H]3[C@H]4CC[C@H](C4)[C@@H]32)CC1. The zero-order valence-electron chi connectivity index (χ0n) is 19.4. The number of anilines is 1. The van der Waals surface area contributed by atoms with Gasteiger partial charge < -0.3 is 15.3 Å². The number of aliphatic hydroxyl groups is 1. The summed E-state index contributed by atoms with van der Waals surface area (Å²) in [5.41, 5.74) is 0.285. The van der Waals surface area contributed by atoms with Crippen LogP contribution in [0.3, 0.4) is 0 Å². The highest BCUT2D eigenvalue weighted by Crippen LogP contribution is 2.57. The van der Waals surface area contributed by atoms with Crippen LogP contribution in [0.4, 0.5) is 5.00 Å². The van der Waals surface area contributed by atoms with E-state index in [0.29, 0.717) is 12.5 Å². The molecule has 5 aliphatic rings. The first-order valence-electron chi connectivity index (χ1n) is 11.8. The van der Waals surface area contributed by atoms with E-state index in [2.05, 4.69) is 21.4 Å². The molecule has 4 atom stereocenters. The van der Waals surface area contributed by atoms with E-state index < -0.39 is 20.0 Å². The zero-order valence-corrected chi connectivity index (χ0v) is 21.9. The largest absolute Gasteiger partial charge is 0.511 e. The lowest BCUT2D eigenvalue weighted by molar-refractivity contribution is -0.134. The van der Waals surface area contributed by atoms with Gasteiger partial charge in [-0.3, -0.25) is 4.79 Å². The number of thiophene rings is 1. The van der Waals surface area contributed by atoms with Crippen LogP contribution in [0.2, 0.25) is 0 Å². The van der Waals surface area contributed by atoms with Crippen molar-refractivity contribution in [1.29, 1.82) is 0 Å². The third-order valence-electron chi connectivity index (χ3n) is 8.21. The van der Waals surface area contributed by atoms with Gasteiger partial charge in [-0.25, -0.2) is 13.1 Å². The Morgan fingerprint density at radius 3 is 2.71 bits per heavy atom. The Hall–Kier alpha value is -1.96. The number of aliphatic hydroxyl groups excluding tert-OH is 1. The zero-order chi connectivity index (χ0) is 24.9. The Morgan fingerprint density at radius 1 is 1.31 bits per heavy atom. The van der Waals surface area contributed by atoms with E-state index in [1.807, 2.05) is 4.90 Å². The Balaban J connectivity index is 1.39. The maximum atomic E-state index is 13.8. The van der Waals surface area contributed by atoms with Crippen molar-refractivity contribution in [2.45, 2.75) is 56.5 Å². The summed E-state index contributed by atoms with van der Waals surface area (Å²) in [6, 6.07) is -0.0470. The molecule has 0 aromatic carbocycles. The molecule has 0 radical (unpaired) electrons. The highest BCUT2D eigenvalue weighted by molar-refractivity contribution is 7.91. The summed E-state index contributed by atoms with van der Waals surface area (Å²) in [4.78, 5) is 15.6. The van der Waals surface area contributed by atoms with Crippen molar-refractivity contribution in [2.24, 2.45) is 27.6 Å². The molecule has 1 aromatic heterocycles. The second kappa shape index (κ2) is 7.53. The first-order chi connectivity index (χ1) is 16.4. The number of nitrogens with one attached hydrogen (secondary N) is 2. The second-order valence-corrected chi connectivity index (χ2v) is 15.2. The average Bonchev–Trinajstić information content (AvgIpc) is 3.14. The second-order valence-electron chi connectivity index (χ2n) is 10.9. The molecule has 35 heavy (non-hydrogen) atoms. The molecule has 2 bridgehead atoms. The number of amides is 1. The Kier molecular flexibility index (Phi) is 5.04. The molecule has 6 rings (SSSR count). The number of rotatable bonds is 6. The molecule has 13 heteroatoms. The molecule has 1 amide bonds. The molecule has 0 saturated heterocycles. The van der Waals surface area contributed by atoms with E-state index in [4.69, 9.17) is 0 Å². The Bertz CT molecular complexity index is 1410. The number of fused-ring (bicyclic) bond motifs is 6. The normalized spacial score (nSPS) is 32.2. The van der Waals surface area contributed by atoms with Crippen LogP contribution in [0, 0.1) is 23.2 Å². The predicted molar refractivity (Wildman–Crippen MR) is 131 cm³/mol. The molecule has 190 valence electrons. The minimum Gasteiger partial charge on any atom is -0.511 e. The molecule has 0 spiro atoms. The highest BCUT2D eigenvalue weighted by Gasteiger charge is 2.58. The smallest absolute Gasteiger partial charge is 0.287 e. The van der Waals surface area contributed by atoms with Gasteiger partial charge in [0, 0.05) is 30.6 Å². The topological polar surface area (TPSA) is 145 Å². The lowest BCUT2D eigenvalue weighted by Crippen LogP contribution is -2.55. The number of hydrogen-bond acceptors (Lipinski definition) is 8. The van der Waals surface area contributed by atoms with Gasteiger partial charge in [0.2, 0.25) is 10.0 Å². The quantitative estimate of drug-likeness (QED) is 0.501. The number of sulfonamides is 2. The third kappa shape index (κ3) is 3.82. The fourth-order valence-electron chi connectivity index (χ4n) is 6.32. The molecule has 3 aliphatic carbocycles. The third-order valence-corrected chi connectivity index (χ3v) is 11.4. The lowest BCUT2D eigenvalue weighted by atomic mass is 9.77. The monoisotopic (exact) mass is 540 g/mol. The molecule has 3 fully saturated rings. The highest BCUT2D eigenvalue weighted by atomic mass is 32.2. The average molecular weight is 541 g/mol. The van der Waals surface area contributed by atoms with Gasteiger partial charge in [-0.2, -0.15) is 8.42 Å². The van der Waals surface area contributed by atoms with Crippen LogP contribution in [0.1, 0.15) is 44.6 Å². The van der Waals surface area contributed by atoms with Gasteiger partial charge in [0.25, 0.3) is 15.9 Å². The number of hydrogen-bond donors (Lipinski definition) is 3. The summed E-state index contributed by atoms with van der Waals surface area (Å²) in [6.07, 6.45) is 6.10. The lowest BCUT2D eigenvalue weighted by Gasteiger charge is -2.45. The fraction of sp³-hybridized carbons (Fsp3) is 0.636. The van der Waals surface area contributed by atoms with E-state index in [9.17, 15) is 26.7 Å². The summed E-state index contributed by atoms with van der Waals surface area (Å²) in [6.45, 7) is 2.56. The molecule has 3 saturated carbocycles. The van der Waals surface area contributed by atoms with Crippen LogP contribution in [-0.2, 0) is 31.4 Å². The molecular weight excluding hydrogens is 512 g/mol. The van der Waals surface area contributed by atoms with Gasteiger partial charge in [0.15, 0.2) is 5.84 Å². The standard InChI is InChI=1S/C22H28N4O6S3/c1-22(5-6-22)10-26-16-12-4-3-11(7-12)14(16)17(27)15(21(26)28)19-24-20-18(35(31,32)25-19)13(9-33-20)8-23-34(2,29)30/h9,11-12,14,16,23,27H,3-8,10H2,1-2H3,(H,24,25)/t11-,12+,14+,16-/m0/s1. The Labute approximate surface area is 208 Å². The molecular formula is C22H28N4O6S3. The van der Waals surface area contributed by atoms with Gasteiger partial charge in [-0.15, -0.1) is 15.7 Å². The first-order valence-corrected chi connectivity index (χ1v) is 16.0. The number of amidine groups is 1. The maximum Gasteiger partial charge on any atom is 0.287 e. The van der Waals surface area contributed by atoms with E-state index in [-0.39, 0.29) is 68.4 Å². The van der Waals surface area contributed by atoms with E-state index in [0.717, 1.165) is 49.7 Å². The molecule has 1 aromatic rings. The van der Waals surface area contributed by atoms with Crippen LogP contribution in [0.25, 0.3) is 0 Å². The van der Waals surface area contributed by atoms with Crippen molar-refractivity contribution in [2.75, 3.05) is 18.1 Å². The summed E-state index contributed by atoms with van der Waals surface area (Å²) < 4.78 is 55.6. The minimum atomic E-state index is -4.23. The molecule has 2 aliphatic heterocycles. The summed E-state index contributed by atoms with van der Waals surface area (Å²) >= 11 is 1.09. The summed E-state index contributed by atoms with van der Waals surface area (Å²) in [5, 5.41) is 16.1.